The van der Waals surface area contributed by atoms with Crippen molar-refractivity contribution < 1.29 is 23.1 Å². The monoisotopic (exact) mass is 544 g/mol. The Bertz CT molecular complexity index is 1030. The van der Waals surface area contributed by atoms with E-state index in [4.69, 9.17) is 5.11 Å². The molecule has 1 unspecified atom stereocenters. The summed E-state index contributed by atoms with van der Waals surface area (Å²) in [6.07, 6.45) is 1.13. The Hall–Kier alpha value is -1.87. The molecule has 2 aromatic carbocycles. The van der Waals surface area contributed by atoms with E-state index in [0.29, 0.717) is 28.8 Å². The van der Waals surface area contributed by atoms with E-state index in [1.54, 1.807) is 52.9 Å². The van der Waals surface area contributed by atoms with E-state index >= 15 is 8.78 Å². The van der Waals surface area contributed by atoms with Gasteiger partial charge in [0.2, 0.25) is 0 Å². The molecule has 3 rings (SSSR count). The normalized spacial score (nSPS) is 12.7. The van der Waals surface area contributed by atoms with Gasteiger partial charge in [0.25, 0.3) is 5.92 Å². The average Bonchev–Trinajstić information content (AvgIpc) is 3.13. The Morgan fingerprint density at radius 2 is 1.83 bits per heavy atom. The average molecular weight is 544 g/mol. The van der Waals surface area contributed by atoms with Crippen LogP contribution in [-0.4, -0.2) is 11.1 Å². The highest BCUT2D eigenvalue weighted by Gasteiger charge is 2.43. The molecule has 0 aliphatic carbocycles. The molecule has 0 amide bonds. The molecule has 0 bridgehead atoms. The van der Waals surface area contributed by atoms with Crippen LogP contribution in [0.2, 0.25) is 0 Å². The zero-order valence-electron chi connectivity index (χ0n) is 16.2. The molecule has 1 atom stereocenters. The van der Waals surface area contributed by atoms with Crippen molar-refractivity contribution in [1.82, 2.24) is 0 Å². The summed E-state index contributed by atoms with van der Waals surface area (Å²) in [5.41, 5.74) is 1.34. The molecule has 7 heteroatoms. The number of carboxylic acid groups (broad SMARTS) is 1. The van der Waals surface area contributed by atoms with Crippen molar-refractivity contribution in [1.29, 1.82) is 0 Å². The molecule has 0 fully saturated rings. The number of alkyl halides is 3. The summed E-state index contributed by atoms with van der Waals surface area (Å²) >= 11 is 3.11. The zero-order valence-corrected chi connectivity index (χ0v) is 19.1. The third kappa shape index (κ3) is 5.24. The number of halogens is 4. The third-order valence-corrected chi connectivity index (χ3v) is 7.33. The minimum Gasteiger partial charge on any atom is -0.481 e. The van der Waals surface area contributed by atoms with E-state index < -0.39 is 21.6 Å². The highest BCUT2D eigenvalue weighted by atomic mass is 127. The van der Waals surface area contributed by atoms with E-state index in [-0.39, 0.29) is 12.0 Å². The minimum atomic E-state index is -3.29. The SMILES string of the molecule is Cc1ccc(-c2ccc(F)cc2C(F)(F)C(I)c2ccc(CCCC(=O)O)cc2)s1. The fourth-order valence-electron chi connectivity index (χ4n) is 3.23. The van der Waals surface area contributed by atoms with Gasteiger partial charge in [-0.25, -0.2) is 4.39 Å². The lowest BCUT2D eigenvalue weighted by molar-refractivity contribution is -0.137. The van der Waals surface area contributed by atoms with Crippen LogP contribution in [0.15, 0.2) is 54.6 Å². The van der Waals surface area contributed by atoms with Crippen LogP contribution in [0, 0.1) is 12.7 Å². The Kier molecular flexibility index (Phi) is 7.23. The van der Waals surface area contributed by atoms with Crippen LogP contribution in [0.25, 0.3) is 10.4 Å². The summed E-state index contributed by atoms with van der Waals surface area (Å²) in [6, 6.07) is 13.9. The van der Waals surface area contributed by atoms with Crippen molar-refractivity contribution in [3.63, 3.8) is 0 Å². The van der Waals surface area contributed by atoms with Gasteiger partial charge >= 0.3 is 5.97 Å². The van der Waals surface area contributed by atoms with Crippen molar-refractivity contribution in [3.05, 3.63) is 82.0 Å². The van der Waals surface area contributed by atoms with Crippen LogP contribution in [0.3, 0.4) is 0 Å². The van der Waals surface area contributed by atoms with Crippen LogP contribution >= 0.6 is 33.9 Å². The van der Waals surface area contributed by atoms with E-state index in [9.17, 15) is 9.18 Å². The first-order valence-corrected chi connectivity index (χ1v) is 11.4. The number of hydrogen-bond donors (Lipinski definition) is 1. The Balaban J connectivity index is 1.88. The van der Waals surface area contributed by atoms with Gasteiger partial charge in [-0.2, -0.15) is 8.78 Å². The topological polar surface area (TPSA) is 37.3 Å². The lowest BCUT2D eigenvalue weighted by Crippen LogP contribution is -2.21. The molecule has 3 aromatic rings. The smallest absolute Gasteiger partial charge is 0.303 e. The third-order valence-electron chi connectivity index (χ3n) is 4.79. The summed E-state index contributed by atoms with van der Waals surface area (Å²) in [5, 5.41) is 8.72. The van der Waals surface area contributed by atoms with Crippen molar-refractivity contribution in [2.24, 2.45) is 0 Å². The molecular formula is C23H20F3IO2S. The maximum Gasteiger partial charge on any atom is 0.303 e. The maximum absolute atomic E-state index is 15.5. The molecule has 0 radical (unpaired) electrons. The minimum absolute atomic E-state index is 0.0687. The molecule has 30 heavy (non-hydrogen) atoms. The van der Waals surface area contributed by atoms with Gasteiger partial charge in [0.05, 0.1) is 0 Å². The number of carbonyl (C=O) groups is 1. The second-order valence-corrected chi connectivity index (χ2v) is 9.61. The second kappa shape index (κ2) is 9.51. The lowest BCUT2D eigenvalue weighted by atomic mass is 9.94. The first-order valence-electron chi connectivity index (χ1n) is 9.38. The largest absolute Gasteiger partial charge is 0.481 e. The number of carboxylic acids is 1. The molecule has 0 saturated heterocycles. The van der Waals surface area contributed by atoms with Gasteiger partial charge in [0, 0.05) is 27.3 Å². The van der Waals surface area contributed by atoms with Crippen molar-refractivity contribution in [2.75, 3.05) is 0 Å². The van der Waals surface area contributed by atoms with Gasteiger partial charge in [-0.05, 0) is 55.2 Å². The quantitative estimate of drug-likeness (QED) is 0.235. The highest BCUT2D eigenvalue weighted by molar-refractivity contribution is 14.1. The summed E-state index contributed by atoms with van der Waals surface area (Å²) in [4.78, 5) is 12.3. The molecule has 0 spiro atoms. The molecule has 158 valence electrons. The van der Waals surface area contributed by atoms with E-state index in [1.165, 1.54) is 23.5 Å². The first-order chi connectivity index (χ1) is 14.2. The van der Waals surface area contributed by atoms with Crippen LogP contribution in [-0.2, 0) is 17.1 Å². The first kappa shape index (κ1) is 22.8. The van der Waals surface area contributed by atoms with Crippen molar-refractivity contribution in [3.8, 4) is 10.4 Å². The van der Waals surface area contributed by atoms with E-state index in [0.717, 1.165) is 16.5 Å². The summed E-state index contributed by atoms with van der Waals surface area (Å²) < 4.78 is 43.8. The molecule has 0 saturated carbocycles. The Morgan fingerprint density at radius 1 is 1.13 bits per heavy atom. The predicted octanol–water partition coefficient (Wildman–Crippen LogP) is 7.54. The predicted molar refractivity (Wildman–Crippen MR) is 122 cm³/mol. The molecular weight excluding hydrogens is 524 g/mol. The van der Waals surface area contributed by atoms with Crippen LogP contribution in [0.5, 0.6) is 0 Å². The van der Waals surface area contributed by atoms with Gasteiger partial charge in [-0.15, -0.1) is 11.3 Å². The summed E-state index contributed by atoms with van der Waals surface area (Å²) in [6.45, 7) is 1.90. The standard InChI is InChI=1S/C23H20F3IO2S/c1-14-5-12-20(30-14)18-11-10-17(24)13-19(18)23(25,26)22(27)16-8-6-15(7-9-16)3-2-4-21(28)29/h5-13,22H,2-4H2,1H3,(H,28,29). The molecule has 1 aromatic heterocycles. The number of aryl methyl sites for hydroxylation is 2. The second-order valence-electron chi connectivity index (χ2n) is 7.07. The number of benzene rings is 2. The zero-order chi connectivity index (χ0) is 21.9. The molecule has 2 nitrogen and oxygen atoms in total. The van der Waals surface area contributed by atoms with E-state index in [2.05, 4.69) is 0 Å². The van der Waals surface area contributed by atoms with Crippen LogP contribution < -0.4 is 0 Å². The number of rotatable bonds is 8. The number of hydrogen-bond acceptors (Lipinski definition) is 2. The van der Waals surface area contributed by atoms with Crippen LogP contribution in [0.4, 0.5) is 13.2 Å². The summed E-state index contributed by atoms with van der Waals surface area (Å²) in [7, 11) is 0. The van der Waals surface area contributed by atoms with Gasteiger partial charge in [0.15, 0.2) is 0 Å². The van der Waals surface area contributed by atoms with Gasteiger partial charge in [0.1, 0.15) is 9.74 Å². The summed E-state index contributed by atoms with van der Waals surface area (Å²) in [5.74, 6) is -4.84. The molecule has 0 aliphatic rings. The Morgan fingerprint density at radius 3 is 2.43 bits per heavy atom. The van der Waals surface area contributed by atoms with Gasteiger partial charge in [-0.3, -0.25) is 4.79 Å². The molecule has 1 N–H and O–H groups in total. The molecule has 0 aliphatic heterocycles. The fourth-order valence-corrected chi connectivity index (χ4v) is 4.89. The molecule has 1 heterocycles. The number of aliphatic carboxylic acids is 1. The van der Waals surface area contributed by atoms with Gasteiger partial charge in [-0.1, -0.05) is 52.9 Å². The lowest BCUT2D eigenvalue weighted by Gasteiger charge is -2.25. The fraction of sp³-hybridized carbons (Fsp3) is 0.261. The van der Waals surface area contributed by atoms with Gasteiger partial charge < -0.3 is 5.11 Å². The van der Waals surface area contributed by atoms with Crippen molar-refractivity contribution in [2.45, 2.75) is 36.0 Å². The highest BCUT2D eigenvalue weighted by Crippen LogP contribution is 2.50. The number of thiophene rings is 1. The maximum atomic E-state index is 15.5. The van der Waals surface area contributed by atoms with Crippen LogP contribution in [0.1, 0.15) is 38.3 Å². The van der Waals surface area contributed by atoms with Crippen molar-refractivity contribution >= 4 is 39.9 Å². The Labute approximate surface area is 190 Å². The van der Waals surface area contributed by atoms with E-state index in [1.807, 2.05) is 13.0 Å².